The van der Waals surface area contributed by atoms with Gasteiger partial charge in [0.2, 0.25) is 0 Å². The predicted octanol–water partition coefficient (Wildman–Crippen LogP) is 2.24. The quantitative estimate of drug-likeness (QED) is 0.668. The van der Waals surface area contributed by atoms with Crippen LogP contribution in [0.3, 0.4) is 0 Å². The van der Waals surface area contributed by atoms with Crippen LogP contribution in [-0.2, 0) is 14.2 Å². The Bertz CT molecular complexity index is 382. The van der Waals surface area contributed by atoms with Crippen molar-refractivity contribution in [2.75, 3.05) is 47.2 Å². The van der Waals surface area contributed by atoms with Crippen LogP contribution >= 0.6 is 0 Å². The molecule has 1 aromatic rings. The fraction of sp³-hybridized carbons (Fsp3) is 0.625. The normalized spacial score (nSPS) is 12.6. The van der Waals surface area contributed by atoms with E-state index in [4.69, 9.17) is 14.2 Å². The highest BCUT2D eigenvalue weighted by atomic mass is 16.5. The summed E-state index contributed by atoms with van der Waals surface area (Å²) in [4.78, 5) is 0. The van der Waals surface area contributed by atoms with E-state index in [9.17, 15) is 0 Å². The van der Waals surface area contributed by atoms with Crippen molar-refractivity contribution < 1.29 is 14.2 Å². The lowest BCUT2D eigenvalue weighted by Gasteiger charge is -2.19. The molecule has 1 rings (SSSR count). The summed E-state index contributed by atoms with van der Waals surface area (Å²) in [6, 6.07) is 6.73. The fourth-order valence-corrected chi connectivity index (χ4v) is 2.11. The molecule has 4 nitrogen and oxygen atoms in total. The van der Waals surface area contributed by atoms with Gasteiger partial charge in [-0.05, 0) is 32.0 Å². The Labute approximate surface area is 122 Å². The van der Waals surface area contributed by atoms with Crippen LogP contribution < -0.4 is 5.32 Å². The zero-order valence-electron chi connectivity index (χ0n) is 13.1. The number of rotatable bonds is 10. The van der Waals surface area contributed by atoms with Gasteiger partial charge in [-0.3, -0.25) is 0 Å². The minimum absolute atomic E-state index is 0.217. The van der Waals surface area contributed by atoms with E-state index in [1.165, 1.54) is 16.7 Å². The van der Waals surface area contributed by atoms with E-state index < -0.39 is 0 Å². The largest absolute Gasteiger partial charge is 0.382 e. The van der Waals surface area contributed by atoms with Gasteiger partial charge >= 0.3 is 0 Å². The molecule has 0 saturated carbocycles. The van der Waals surface area contributed by atoms with Crippen LogP contribution in [0.4, 0.5) is 0 Å². The molecule has 0 amide bonds. The summed E-state index contributed by atoms with van der Waals surface area (Å²) in [6.45, 7) is 7.35. The van der Waals surface area contributed by atoms with E-state index in [0.29, 0.717) is 33.0 Å². The standard InChI is InChI=1S/C16H27NO3/c1-13-5-6-15(14(2)11-13)16(17-3)12-20-10-9-19-8-7-18-4/h5-6,11,16-17H,7-10,12H2,1-4H3. The van der Waals surface area contributed by atoms with Crippen molar-refractivity contribution in [3.63, 3.8) is 0 Å². The van der Waals surface area contributed by atoms with E-state index in [2.05, 4.69) is 37.4 Å². The third-order valence-electron chi connectivity index (χ3n) is 3.24. The number of likely N-dealkylation sites (N-methyl/N-ethyl adjacent to an activating group) is 1. The van der Waals surface area contributed by atoms with Crippen molar-refractivity contribution >= 4 is 0 Å². The Morgan fingerprint density at radius 2 is 1.75 bits per heavy atom. The number of hydrogen-bond donors (Lipinski definition) is 1. The first-order chi connectivity index (χ1) is 9.69. The molecule has 0 saturated heterocycles. The first-order valence-electron chi connectivity index (χ1n) is 7.08. The van der Waals surface area contributed by atoms with Gasteiger partial charge in [0.15, 0.2) is 0 Å². The summed E-state index contributed by atoms with van der Waals surface area (Å²) >= 11 is 0. The summed E-state index contributed by atoms with van der Waals surface area (Å²) in [5.74, 6) is 0. The highest BCUT2D eigenvalue weighted by Gasteiger charge is 2.11. The van der Waals surface area contributed by atoms with Crippen molar-refractivity contribution in [2.24, 2.45) is 0 Å². The van der Waals surface area contributed by atoms with Crippen molar-refractivity contribution in [3.8, 4) is 0 Å². The first kappa shape index (κ1) is 17.1. The maximum Gasteiger partial charge on any atom is 0.0701 e. The molecule has 0 bridgehead atoms. The van der Waals surface area contributed by atoms with E-state index in [-0.39, 0.29) is 6.04 Å². The zero-order valence-corrected chi connectivity index (χ0v) is 13.1. The molecule has 0 aliphatic rings. The van der Waals surface area contributed by atoms with Crippen LogP contribution in [0, 0.1) is 13.8 Å². The van der Waals surface area contributed by atoms with Crippen LogP contribution in [0.2, 0.25) is 0 Å². The molecule has 0 radical (unpaired) electrons. The Morgan fingerprint density at radius 1 is 1.05 bits per heavy atom. The molecule has 4 heteroatoms. The Morgan fingerprint density at radius 3 is 2.40 bits per heavy atom. The van der Waals surface area contributed by atoms with Gasteiger partial charge in [-0.25, -0.2) is 0 Å². The number of nitrogens with one attached hydrogen (secondary N) is 1. The maximum atomic E-state index is 5.68. The second-order valence-corrected chi connectivity index (χ2v) is 4.88. The topological polar surface area (TPSA) is 39.7 Å². The molecular weight excluding hydrogens is 254 g/mol. The Kier molecular flexibility index (Phi) is 8.46. The summed E-state index contributed by atoms with van der Waals surface area (Å²) < 4.78 is 16.0. The highest BCUT2D eigenvalue weighted by molar-refractivity contribution is 5.32. The van der Waals surface area contributed by atoms with Gasteiger partial charge in [0, 0.05) is 7.11 Å². The molecule has 0 aliphatic heterocycles. The SMILES string of the molecule is CNC(COCCOCCOC)c1ccc(C)cc1C. The van der Waals surface area contributed by atoms with E-state index >= 15 is 0 Å². The molecule has 0 fully saturated rings. The van der Waals surface area contributed by atoms with Crippen LogP contribution in [0.5, 0.6) is 0 Å². The smallest absolute Gasteiger partial charge is 0.0701 e. The molecule has 1 atom stereocenters. The van der Waals surface area contributed by atoms with Crippen LogP contribution in [0.25, 0.3) is 0 Å². The molecule has 114 valence electrons. The van der Waals surface area contributed by atoms with Gasteiger partial charge in [0.05, 0.1) is 39.1 Å². The molecule has 0 aromatic heterocycles. The monoisotopic (exact) mass is 281 g/mol. The lowest BCUT2D eigenvalue weighted by Crippen LogP contribution is -2.23. The second kappa shape index (κ2) is 9.88. The lowest BCUT2D eigenvalue weighted by atomic mass is 10.00. The third kappa shape index (κ3) is 6.01. The second-order valence-electron chi connectivity index (χ2n) is 4.88. The van der Waals surface area contributed by atoms with Gasteiger partial charge in [0.25, 0.3) is 0 Å². The fourth-order valence-electron chi connectivity index (χ4n) is 2.11. The molecule has 0 aliphatic carbocycles. The Hall–Kier alpha value is -0.940. The van der Waals surface area contributed by atoms with Crippen molar-refractivity contribution in [1.82, 2.24) is 5.32 Å². The molecule has 20 heavy (non-hydrogen) atoms. The van der Waals surface area contributed by atoms with Crippen molar-refractivity contribution in [1.29, 1.82) is 0 Å². The summed E-state index contributed by atoms with van der Waals surface area (Å²) in [5.41, 5.74) is 3.87. The number of aryl methyl sites for hydroxylation is 2. The minimum Gasteiger partial charge on any atom is -0.382 e. The van der Waals surface area contributed by atoms with Crippen molar-refractivity contribution in [3.05, 3.63) is 34.9 Å². The number of methoxy groups -OCH3 is 1. The molecule has 1 aromatic carbocycles. The van der Waals surface area contributed by atoms with Crippen LogP contribution in [-0.4, -0.2) is 47.2 Å². The summed E-state index contributed by atoms with van der Waals surface area (Å²) in [6.07, 6.45) is 0. The summed E-state index contributed by atoms with van der Waals surface area (Å²) in [7, 11) is 3.63. The maximum absolute atomic E-state index is 5.68. The number of benzene rings is 1. The van der Waals surface area contributed by atoms with E-state index in [1.54, 1.807) is 7.11 Å². The molecule has 0 heterocycles. The van der Waals surface area contributed by atoms with Gasteiger partial charge in [-0.2, -0.15) is 0 Å². The molecule has 0 spiro atoms. The summed E-state index contributed by atoms with van der Waals surface area (Å²) in [5, 5.41) is 3.30. The van der Waals surface area contributed by atoms with Crippen LogP contribution in [0.15, 0.2) is 18.2 Å². The van der Waals surface area contributed by atoms with Gasteiger partial charge < -0.3 is 19.5 Å². The predicted molar refractivity (Wildman–Crippen MR) is 81.2 cm³/mol. The molecule has 1 N–H and O–H groups in total. The zero-order chi connectivity index (χ0) is 14.8. The minimum atomic E-state index is 0.217. The molecule has 1 unspecified atom stereocenters. The lowest BCUT2D eigenvalue weighted by molar-refractivity contribution is 0.0197. The van der Waals surface area contributed by atoms with Gasteiger partial charge in [0.1, 0.15) is 0 Å². The Balaban J connectivity index is 2.32. The number of ether oxygens (including phenoxy) is 3. The highest BCUT2D eigenvalue weighted by Crippen LogP contribution is 2.19. The number of hydrogen-bond acceptors (Lipinski definition) is 4. The van der Waals surface area contributed by atoms with Gasteiger partial charge in [-0.15, -0.1) is 0 Å². The third-order valence-corrected chi connectivity index (χ3v) is 3.24. The van der Waals surface area contributed by atoms with Crippen molar-refractivity contribution in [2.45, 2.75) is 19.9 Å². The first-order valence-corrected chi connectivity index (χ1v) is 7.08. The molecular formula is C16H27NO3. The van der Waals surface area contributed by atoms with Gasteiger partial charge in [-0.1, -0.05) is 23.8 Å². The average molecular weight is 281 g/mol. The van der Waals surface area contributed by atoms with E-state index in [1.807, 2.05) is 7.05 Å². The average Bonchev–Trinajstić information content (AvgIpc) is 2.43. The van der Waals surface area contributed by atoms with E-state index in [0.717, 1.165) is 0 Å². The van der Waals surface area contributed by atoms with Crippen LogP contribution in [0.1, 0.15) is 22.7 Å².